The number of halogens is 2. The molecular weight excluding hydrogens is 289 g/mol. The molecule has 3 N–H and O–H groups in total. The first kappa shape index (κ1) is 13.9. The highest BCUT2D eigenvalue weighted by Crippen LogP contribution is 2.31. The van der Waals surface area contributed by atoms with Crippen LogP contribution in [-0.4, -0.2) is 4.98 Å². The van der Waals surface area contributed by atoms with Crippen LogP contribution in [0, 0.1) is 5.82 Å². The van der Waals surface area contributed by atoms with E-state index >= 15 is 0 Å². The Balaban J connectivity index is 2.21. The fourth-order valence-electron chi connectivity index (χ4n) is 2.45. The molecule has 0 bridgehead atoms. The van der Waals surface area contributed by atoms with Crippen molar-refractivity contribution in [3.63, 3.8) is 0 Å². The Labute approximate surface area is 126 Å². The lowest BCUT2D eigenvalue weighted by molar-refractivity contribution is 0.607. The Morgan fingerprint density at radius 2 is 1.90 bits per heavy atom. The van der Waals surface area contributed by atoms with Gasteiger partial charge in [-0.1, -0.05) is 29.8 Å². The van der Waals surface area contributed by atoms with Crippen molar-refractivity contribution in [3.05, 3.63) is 76.7 Å². The highest BCUT2D eigenvalue weighted by molar-refractivity contribution is 6.31. The summed E-state index contributed by atoms with van der Waals surface area (Å²) in [7, 11) is 0. The van der Waals surface area contributed by atoms with Gasteiger partial charge in [-0.15, -0.1) is 0 Å². The molecule has 3 nitrogen and oxygen atoms in total. The van der Waals surface area contributed by atoms with E-state index in [1.807, 2.05) is 30.3 Å². The number of nitrogens with zero attached hydrogens (tertiary/aromatic N) is 1. The molecule has 1 heterocycles. The van der Waals surface area contributed by atoms with E-state index in [1.54, 1.807) is 6.20 Å². The number of aromatic nitrogens is 1. The summed E-state index contributed by atoms with van der Waals surface area (Å²) in [6.07, 6.45) is 1.70. The number of pyridine rings is 1. The smallest absolute Gasteiger partial charge is 0.123 e. The number of para-hydroxylation sites is 1. The third-order valence-electron chi connectivity index (χ3n) is 3.43. The van der Waals surface area contributed by atoms with Crippen molar-refractivity contribution in [2.24, 2.45) is 5.84 Å². The Bertz CT molecular complexity index is 786. The fourth-order valence-corrected chi connectivity index (χ4v) is 2.68. The van der Waals surface area contributed by atoms with Crippen LogP contribution in [0.2, 0.25) is 5.02 Å². The average molecular weight is 302 g/mol. The van der Waals surface area contributed by atoms with Gasteiger partial charge in [-0.2, -0.15) is 0 Å². The molecule has 0 aliphatic carbocycles. The molecule has 21 heavy (non-hydrogen) atoms. The lowest BCUT2D eigenvalue weighted by Crippen LogP contribution is -2.29. The maximum absolute atomic E-state index is 13.5. The lowest BCUT2D eigenvalue weighted by atomic mass is 9.96. The highest BCUT2D eigenvalue weighted by atomic mass is 35.5. The molecule has 3 aromatic rings. The first-order valence-corrected chi connectivity index (χ1v) is 6.83. The van der Waals surface area contributed by atoms with Gasteiger partial charge in [-0.25, -0.2) is 9.82 Å². The summed E-state index contributed by atoms with van der Waals surface area (Å²) in [5.74, 6) is 5.34. The second kappa shape index (κ2) is 5.77. The van der Waals surface area contributed by atoms with Crippen LogP contribution in [0.15, 0.2) is 54.7 Å². The quantitative estimate of drug-likeness (QED) is 0.574. The molecule has 0 aliphatic rings. The minimum absolute atomic E-state index is 0.354. The van der Waals surface area contributed by atoms with Crippen molar-refractivity contribution >= 4 is 22.5 Å². The molecule has 0 saturated carbocycles. The van der Waals surface area contributed by atoms with Gasteiger partial charge in [0.25, 0.3) is 0 Å². The number of nitrogens with one attached hydrogen (secondary N) is 1. The van der Waals surface area contributed by atoms with Crippen LogP contribution in [0.3, 0.4) is 0 Å². The van der Waals surface area contributed by atoms with Gasteiger partial charge in [-0.05, 0) is 41.5 Å². The molecule has 0 saturated heterocycles. The van der Waals surface area contributed by atoms with E-state index < -0.39 is 6.04 Å². The number of hydrogen-bond donors (Lipinski definition) is 2. The van der Waals surface area contributed by atoms with Crippen LogP contribution in [0.5, 0.6) is 0 Å². The molecule has 5 heteroatoms. The fraction of sp³-hybridized carbons (Fsp3) is 0.0625. The summed E-state index contributed by atoms with van der Waals surface area (Å²) in [5, 5.41) is 1.41. The minimum atomic E-state index is -0.416. The number of rotatable bonds is 3. The van der Waals surface area contributed by atoms with Gasteiger partial charge in [0, 0.05) is 16.6 Å². The molecule has 1 atom stereocenters. The minimum Gasteiger partial charge on any atom is -0.271 e. The van der Waals surface area contributed by atoms with Crippen molar-refractivity contribution in [1.29, 1.82) is 0 Å². The molecule has 0 amide bonds. The molecule has 3 rings (SSSR count). The van der Waals surface area contributed by atoms with E-state index in [2.05, 4.69) is 10.4 Å². The average Bonchev–Trinajstić information content (AvgIpc) is 2.51. The monoisotopic (exact) mass is 301 g/mol. The van der Waals surface area contributed by atoms with E-state index in [0.29, 0.717) is 10.6 Å². The zero-order chi connectivity index (χ0) is 14.8. The van der Waals surface area contributed by atoms with Crippen LogP contribution in [-0.2, 0) is 0 Å². The first-order chi connectivity index (χ1) is 10.2. The van der Waals surface area contributed by atoms with Crippen molar-refractivity contribution in [3.8, 4) is 0 Å². The van der Waals surface area contributed by atoms with E-state index in [1.165, 1.54) is 18.2 Å². The predicted molar refractivity (Wildman–Crippen MR) is 82.3 cm³/mol. The number of benzene rings is 2. The molecule has 106 valence electrons. The molecular formula is C16H13ClFN3. The molecule has 0 fully saturated rings. The maximum Gasteiger partial charge on any atom is 0.123 e. The lowest BCUT2D eigenvalue weighted by Gasteiger charge is -2.20. The molecule has 1 aromatic heterocycles. The summed E-state index contributed by atoms with van der Waals surface area (Å²) in [4.78, 5) is 4.32. The highest BCUT2D eigenvalue weighted by Gasteiger charge is 2.18. The molecule has 2 aromatic carbocycles. The third kappa shape index (κ3) is 2.61. The summed E-state index contributed by atoms with van der Waals surface area (Å²) >= 11 is 6.19. The largest absolute Gasteiger partial charge is 0.271 e. The van der Waals surface area contributed by atoms with Gasteiger partial charge >= 0.3 is 0 Å². The summed E-state index contributed by atoms with van der Waals surface area (Å²) in [6.45, 7) is 0. The SMILES string of the molecule is NNC(c1cc(F)ccc1Cl)c1ccnc2ccccc12. The summed E-state index contributed by atoms with van der Waals surface area (Å²) in [6, 6.07) is 13.4. The zero-order valence-corrected chi connectivity index (χ0v) is 11.8. The van der Waals surface area contributed by atoms with Gasteiger partial charge in [-0.3, -0.25) is 10.8 Å². The van der Waals surface area contributed by atoms with Gasteiger partial charge in [0.05, 0.1) is 11.6 Å². The first-order valence-electron chi connectivity index (χ1n) is 6.45. The maximum atomic E-state index is 13.5. The molecule has 0 spiro atoms. The number of hydrazine groups is 1. The van der Waals surface area contributed by atoms with Crippen LogP contribution in [0.25, 0.3) is 10.9 Å². The Hall–Kier alpha value is -2.01. The van der Waals surface area contributed by atoms with E-state index in [9.17, 15) is 4.39 Å². The van der Waals surface area contributed by atoms with Gasteiger partial charge in [0.2, 0.25) is 0 Å². The third-order valence-corrected chi connectivity index (χ3v) is 3.77. The second-order valence-electron chi connectivity index (χ2n) is 4.68. The van der Waals surface area contributed by atoms with Crippen molar-refractivity contribution in [2.45, 2.75) is 6.04 Å². The van der Waals surface area contributed by atoms with Crippen molar-refractivity contribution in [2.75, 3.05) is 0 Å². The standard InChI is InChI=1S/C16H13ClFN3/c17-14-6-5-10(18)9-13(14)16(21-19)12-7-8-20-15-4-2-1-3-11(12)15/h1-9,16,21H,19H2. The summed E-state index contributed by atoms with van der Waals surface area (Å²) in [5.41, 5.74) is 5.06. The van der Waals surface area contributed by atoms with E-state index in [4.69, 9.17) is 17.4 Å². The van der Waals surface area contributed by atoms with Gasteiger partial charge in [0.1, 0.15) is 5.82 Å². The van der Waals surface area contributed by atoms with Crippen LogP contribution in [0.1, 0.15) is 17.2 Å². The van der Waals surface area contributed by atoms with E-state index in [-0.39, 0.29) is 5.82 Å². The molecule has 0 aliphatic heterocycles. The normalized spacial score (nSPS) is 12.5. The Kier molecular flexibility index (Phi) is 3.84. The molecule has 1 unspecified atom stereocenters. The topological polar surface area (TPSA) is 50.9 Å². The van der Waals surface area contributed by atoms with Crippen LogP contribution in [0.4, 0.5) is 4.39 Å². The van der Waals surface area contributed by atoms with Gasteiger partial charge < -0.3 is 0 Å². The Morgan fingerprint density at radius 3 is 2.71 bits per heavy atom. The van der Waals surface area contributed by atoms with Crippen LogP contribution >= 0.6 is 11.6 Å². The van der Waals surface area contributed by atoms with Crippen molar-refractivity contribution < 1.29 is 4.39 Å². The second-order valence-corrected chi connectivity index (χ2v) is 5.09. The predicted octanol–water partition coefficient (Wildman–Crippen LogP) is 3.58. The van der Waals surface area contributed by atoms with Gasteiger partial charge in [0.15, 0.2) is 0 Å². The molecule has 0 radical (unpaired) electrons. The zero-order valence-electron chi connectivity index (χ0n) is 11.1. The number of fused-ring (bicyclic) bond motifs is 1. The summed E-state index contributed by atoms with van der Waals surface area (Å²) < 4.78 is 13.5. The Morgan fingerprint density at radius 1 is 1.10 bits per heavy atom. The van der Waals surface area contributed by atoms with Crippen molar-refractivity contribution in [1.82, 2.24) is 10.4 Å². The van der Waals surface area contributed by atoms with E-state index in [0.717, 1.165) is 16.5 Å². The number of nitrogens with two attached hydrogens (primary N) is 1. The number of hydrogen-bond acceptors (Lipinski definition) is 3. The van der Waals surface area contributed by atoms with Crippen LogP contribution < -0.4 is 11.3 Å².